The molecule has 1 aromatic rings. The summed E-state index contributed by atoms with van der Waals surface area (Å²) < 4.78 is 5.84. The normalized spacial score (nSPS) is 16.3. The molecule has 2 rings (SSSR count). The lowest BCUT2D eigenvalue weighted by molar-refractivity contribution is 0.167. The van der Waals surface area contributed by atoms with Crippen LogP contribution in [-0.2, 0) is 0 Å². The number of aliphatic imine (C=N–C) groups is 1. The summed E-state index contributed by atoms with van der Waals surface area (Å²) in [6.07, 6.45) is 2.33. The van der Waals surface area contributed by atoms with Crippen LogP contribution in [0, 0.1) is 13.8 Å². The second-order valence-electron chi connectivity index (χ2n) is 7.22. The lowest BCUT2D eigenvalue weighted by Crippen LogP contribution is -2.50. The van der Waals surface area contributed by atoms with Crippen molar-refractivity contribution in [2.45, 2.75) is 52.6 Å². The van der Waals surface area contributed by atoms with Gasteiger partial charge in [0.15, 0.2) is 5.96 Å². The Kier molecular flexibility index (Phi) is 10.3. The average Bonchev–Trinajstić information content (AvgIpc) is 2.57. The number of nitrogens with zero attached hydrogens (tertiary/aromatic N) is 2. The van der Waals surface area contributed by atoms with E-state index in [4.69, 9.17) is 4.74 Å². The van der Waals surface area contributed by atoms with Crippen molar-refractivity contribution in [2.24, 2.45) is 4.99 Å². The minimum Gasteiger partial charge on any atom is -0.492 e. The first-order chi connectivity index (χ1) is 12.0. The fourth-order valence-corrected chi connectivity index (χ4v) is 3.30. The SMILES string of the molecule is CN=C(NCCOc1cc(C)cc(C)c1)NC1CCN(C(C)C)CC1.I. The van der Waals surface area contributed by atoms with Gasteiger partial charge >= 0.3 is 0 Å². The molecule has 1 aromatic carbocycles. The minimum absolute atomic E-state index is 0. The molecular weight excluding hydrogens is 439 g/mol. The Bertz CT molecular complexity index is 549. The highest BCUT2D eigenvalue weighted by Gasteiger charge is 2.21. The van der Waals surface area contributed by atoms with Crippen molar-refractivity contribution in [1.29, 1.82) is 0 Å². The first-order valence-electron chi connectivity index (χ1n) is 9.40. The summed E-state index contributed by atoms with van der Waals surface area (Å²) >= 11 is 0. The fourth-order valence-electron chi connectivity index (χ4n) is 3.30. The first-order valence-corrected chi connectivity index (χ1v) is 9.40. The maximum absolute atomic E-state index is 5.84. The van der Waals surface area contributed by atoms with Gasteiger partial charge in [0.1, 0.15) is 12.4 Å². The van der Waals surface area contributed by atoms with Crippen LogP contribution in [0.15, 0.2) is 23.2 Å². The number of ether oxygens (including phenoxy) is 1. The van der Waals surface area contributed by atoms with Gasteiger partial charge in [0.2, 0.25) is 0 Å². The Labute approximate surface area is 176 Å². The number of hydrogen-bond donors (Lipinski definition) is 2. The molecule has 1 fully saturated rings. The molecule has 26 heavy (non-hydrogen) atoms. The minimum atomic E-state index is 0. The molecule has 148 valence electrons. The van der Waals surface area contributed by atoms with Crippen molar-refractivity contribution in [3.05, 3.63) is 29.3 Å². The Morgan fingerprint density at radius 2 is 1.81 bits per heavy atom. The summed E-state index contributed by atoms with van der Waals surface area (Å²) in [6, 6.07) is 7.44. The van der Waals surface area contributed by atoms with Crippen molar-refractivity contribution in [3.63, 3.8) is 0 Å². The summed E-state index contributed by atoms with van der Waals surface area (Å²) in [5.74, 6) is 1.80. The average molecular weight is 474 g/mol. The van der Waals surface area contributed by atoms with E-state index in [0.717, 1.165) is 44.2 Å². The summed E-state index contributed by atoms with van der Waals surface area (Å²) in [6.45, 7) is 12.4. The molecule has 0 radical (unpaired) electrons. The van der Waals surface area contributed by atoms with Crippen LogP contribution in [-0.4, -0.2) is 56.2 Å². The monoisotopic (exact) mass is 474 g/mol. The molecule has 0 atom stereocenters. The van der Waals surface area contributed by atoms with Crippen molar-refractivity contribution in [1.82, 2.24) is 15.5 Å². The van der Waals surface area contributed by atoms with E-state index >= 15 is 0 Å². The predicted octanol–water partition coefficient (Wildman–Crippen LogP) is 3.34. The number of piperidine rings is 1. The maximum Gasteiger partial charge on any atom is 0.191 e. The van der Waals surface area contributed by atoms with Crippen LogP contribution in [0.1, 0.15) is 37.8 Å². The van der Waals surface area contributed by atoms with Gasteiger partial charge in [-0.15, -0.1) is 24.0 Å². The topological polar surface area (TPSA) is 48.9 Å². The van der Waals surface area contributed by atoms with E-state index in [9.17, 15) is 0 Å². The molecule has 1 aliphatic rings. The van der Waals surface area contributed by atoms with Gasteiger partial charge in [0.25, 0.3) is 0 Å². The second-order valence-corrected chi connectivity index (χ2v) is 7.22. The van der Waals surface area contributed by atoms with Crippen LogP contribution in [0.4, 0.5) is 0 Å². The molecule has 5 nitrogen and oxygen atoms in total. The van der Waals surface area contributed by atoms with Crippen molar-refractivity contribution in [2.75, 3.05) is 33.3 Å². The quantitative estimate of drug-likeness (QED) is 0.288. The van der Waals surface area contributed by atoms with Gasteiger partial charge in [-0.1, -0.05) is 6.07 Å². The molecule has 0 aliphatic carbocycles. The van der Waals surface area contributed by atoms with Crippen LogP contribution in [0.2, 0.25) is 0 Å². The molecule has 0 unspecified atom stereocenters. The number of guanidine groups is 1. The third-order valence-electron chi connectivity index (χ3n) is 4.68. The van der Waals surface area contributed by atoms with E-state index in [0.29, 0.717) is 18.7 Å². The van der Waals surface area contributed by atoms with Crippen molar-refractivity contribution in [3.8, 4) is 5.75 Å². The Morgan fingerprint density at radius 1 is 1.19 bits per heavy atom. The molecule has 0 saturated carbocycles. The number of rotatable bonds is 6. The summed E-state index contributed by atoms with van der Waals surface area (Å²) in [5, 5.41) is 6.89. The molecule has 0 bridgehead atoms. The first kappa shape index (κ1) is 23.0. The van der Waals surface area contributed by atoms with Crippen molar-refractivity contribution >= 4 is 29.9 Å². The number of halogens is 1. The standard InChI is InChI=1S/C20H34N4O.HI/c1-15(2)24-9-6-18(7-10-24)23-20(21-5)22-8-11-25-19-13-16(3)12-17(4)14-19;/h12-15,18H,6-11H2,1-5H3,(H2,21,22,23);1H. The van der Waals surface area contributed by atoms with Gasteiger partial charge in [0, 0.05) is 32.2 Å². The van der Waals surface area contributed by atoms with E-state index in [-0.39, 0.29) is 24.0 Å². The number of nitrogens with one attached hydrogen (secondary N) is 2. The molecule has 0 spiro atoms. The molecule has 6 heteroatoms. The third kappa shape index (κ3) is 7.70. The predicted molar refractivity (Wildman–Crippen MR) is 121 cm³/mol. The summed E-state index contributed by atoms with van der Waals surface area (Å²) in [5.41, 5.74) is 2.46. The molecule has 1 aliphatic heterocycles. The smallest absolute Gasteiger partial charge is 0.191 e. The fraction of sp³-hybridized carbons (Fsp3) is 0.650. The van der Waals surface area contributed by atoms with Crippen LogP contribution in [0.3, 0.4) is 0 Å². The van der Waals surface area contributed by atoms with Gasteiger partial charge in [-0.2, -0.15) is 0 Å². The van der Waals surface area contributed by atoms with Crippen LogP contribution >= 0.6 is 24.0 Å². The highest BCUT2D eigenvalue weighted by Crippen LogP contribution is 2.16. The Hall–Kier alpha value is -1.02. The molecule has 1 saturated heterocycles. The van der Waals surface area contributed by atoms with E-state index in [1.807, 2.05) is 7.05 Å². The van der Waals surface area contributed by atoms with E-state index in [2.05, 4.69) is 66.4 Å². The molecular formula is C20H35IN4O. The van der Waals surface area contributed by atoms with E-state index in [1.165, 1.54) is 11.1 Å². The van der Waals surface area contributed by atoms with Gasteiger partial charge in [-0.05, 0) is 63.8 Å². The number of hydrogen-bond acceptors (Lipinski definition) is 3. The van der Waals surface area contributed by atoms with Gasteiger partial charge in [0.05, 0.1) is 6.54 Å². The van der Waals surface area contributed by atoms with Crippen LogP contribution in [0.5, 0.6) is 5.75 Å². The highest BCUT2D eigenvalue weighted by atomic mass is 127. The largest absolute Gasteiger partial charge is 0.492 e. The second kappa shape index (κ2) is 11.6. The molecule has 0 aromatic heterocycles. The van der Waals surface area contributed by atoms with Gasteiger partial charge in [-0.25, -0.2) is 0 Å². The maximum atomic E-state index is 5.84. The number of aryl methyl sites for hydroxylation is 2. The zero-order valence-corrected chi connectivity index (χ0v) is 19.2. The highest BCUT2D eigenvalue weighted by molar-refractivity contribution is 14.0. The zero-order chi connectivity index (χ0) is 18.2. The Balaban J connectivity index is 0.00000338. The van der Waals surface area contributed by atoms with Crippen LogP contribution < -0.4 is 15.4 Å². The van der Waals surface area contributed by atoms with E-state index < -0.39 is 0 Å². The Morgan fingerprint density at radius 3 is 2.35 bits per heavy atom. The zero-order valence-electron chi connectivity index (χ0n) is 16.8. The van der Waals surface area contributed by atoms with E-state index in [1.54, 1.807) is 0 Å². The molecule has 0 amide bonds. The third-order valence-corrected chi connectivity index (χ3v) is 4.68. The van der Waals surface area contributed by atoms with Crippen molar-refractivity contribution < 1.29 is 4.74 Å². The summed E-state index contributed by atoms with van der Waals surface area (Å²) in [4.78, 5) is 6.87. The van der Waals surface area contributed by atoms with Gasteiger partial charge in [-0.3, -0.25) is 4.99 Å². The lowest BCUT2D eigenvalue weighted by Gasteiger charge is -2.35. The number of likely N-dealkylation sites (tertiary alicyclic amines) is 1. The van der Waals surface area contributed by atoms with Crippen LogP contribution in [0.25, 0.3) is 0 Å². The molecule has 1 heterocycles. The molecule has 2 N–H and O–H groups in total. The van der Waals surface area contributed by atoms with Gasteiger partial charge < -0.3 is 20.3 Å². The lowest BCUT2D eigenvalue weighted by atomic mass is 10.0. The summed E-state index contributed by atoms with van der Waals surface area (Å²) in [7, 11) is 1.82. The number of benzene rings is 1.